The lowest BCUT2D eigenvalue weighted by Gasteiger charge is -2.19. The second-order valence-corrected chi connectivity index (χ2v) is 8.70. The molecule has 0 bridgehead atoms. The molecule has 6 nitrogen and oxygen atoms in total. The molecule has 0 atom stereocenters. The molecular weight excluding hydrogens is 384 g/mol. The maximum atomic E-state index is 12.3. The van der Waals surface area contributed by atoms with Crippen molar-refractivity contribution in [1.29, 1.82) is 0 Å². The summed E-state index contributed by atoms with van der Waals surface area (Å²) in [5.74, 6) is 1.61. The number of aromatic nitrogens is 3. The number of thioether (sulfide) groups is 1. The van der Waals surface area contributed by atoms with Gasteiger partial charge in [0.1, 0.15) is 5.75 Å². The predicted octanol–water partition coefficient (Wildman–Crippen LogP) is 4.52. The lowest BCUT2D eigenvalue weighted by molar-refractivity contribution is -0.113. The van der Waals surface area contributed by atoms with Crippen molar-refractivity contribution in [2.24, 2.45) is 7.05 Å². The first-order valence-electron chi connectivity index (χ1n) is 9.35. The molecule has 1 N–H and O–H groups in total. The number of methoxy groups -OCH3 is 1. The van der Waals surface area contributed by atoms with Crippen LogP contribution in [-0.4, -0.2) is 33.5 Å². The largest absolute Gasteiger partial charge is 0.497 e. The van der Waals surface area contributed by atoms with Crippen molar-refractivity contribution in [3.8, 4) is 17.1 Å². The maximum Gasteiger partial charge on any atom is 0.234 e. The van der Waals surface area contributed by atoms with Crippen LogP contribution in [0.4, 0.5) is 5.69 Å². The Morgan fingerprint density at radius 1 is 1.14 bits per heavy atom. The molecule has 3 rings (SSSR count). The Hall–Kier alpha value is -2.80. The Morgan fingerprint density at radius 2 is 1.86 bits per heavy atom. The number of anilines is 1. The number of ether oxygens (including phenoxy) is 1. The Morgan fingerprint density at radius 3 is 2.52 bits per heavy atom. The number of rotatable bonds is 6. The zero-order valence-corrected chi connectivity index (χ0v) is 18.2. The van der Waals surface area contributed by atoms with Crippen molar-refractivity contribution in [3.63, 3.8) is 0 Å². The predicted molar refractivity (Wildman–Crippen MR) is 117 cm³/mol. The highest BCUT2D eigenvalue weighted by Crippen LogP contribution is 2.27. The Bertz CT molecular complexity index is 991. The van der Waals surface area contributed by atoms with E-state index in [0.29, 0.717) is 16.6 Å². The van der Waals surface area contributed by atoms with Crippen LogP contribution in [-0.2, 0) is 17.3 Å². The molecule has 0 saturated heterocycles. The molecule has 0 unspecified atom stereocenters. The van der Waals surface area contributed by atoms with E-state index in [1.54, 1.807) is 13.2 Å². The molecule has 2 aromatic carbocycles. The highest BCUT2D eigenvalue weighted by Gasteiger charge is 2.16. The van der Waals surface area contributed by atoms with Crippen molar-refractivity contribution in [2.75, 3.05) is 18.2 Å². The first-order chi connectivity index (χ1) is 13.8. The smallest absolute Gasteiger partial charge is 0.234 e. The van der Waals surface area contributed by atoms with E-state index in [9.17, 15) is 4.79 Å². The van der Waals surface area contributed by atoms with E-state index in [1.165, 1.54) is 17.3 Å². The Labute approximate surface area is 175 Å². The van der Waals surface area contributed by atoms with E-state index in [2.05, 4.69) is 60.6 Å². The summed E-state index contributed by atoms with van der Waals surface area (Å²) < 4.78 is 7.09. The Balaban J connectivity index is 1.64. The van der Waals surface area contributed by atoms with Crippen LogP contribution in [0.5, 0.6) is 5.75 Å². The summed E-state index contributed by atoms with van der Waals surface area (Å²) in [4.78, 5) is 12.3. The fourth-order valence-corrected chi connectivity index (χ4v) is 3.55. The molecule has 0 aliphatic heterocycles. The molecule has 3 aromatic rings. The van der Waals surface area contributed by atoms with Crippen LogP contribution in [0.15, 0.2) is 53.7 Å². The summed E-state index contributed by atoms with van der Waals surface area (Å²) in [5.41, 5.74) is 3.08. The Kier molecular flexibility index (Phi) is 6.27. The summed E-state index contributed by atoms with van der Waals surface area (Å²) in [5, 5.41) is 12.1. The van der Waals surface area contributed by atoms with E-state index in [4.69, 9.17) is 4.74 Å². The summed E-state index contributed by atoms with van der Waals surface area (Å²) in [6.07, 6.45) is 0. The van der Waals surface area contributed by atoms with Crippen LogP contribution in [0, 0.1) is 0 Å². The van der Waals surface area contributed by atoms with Gasteiger partial charge in [0, 0.05) is 24.4 Å². The first kappa shape index (κ1) is 20.9. The third-order valence-electron chi connectivity index (χ3n) is 4.53. The van der Waals surface area contributed by atoms with Gasteiger partial charge in [-0.05, 0) is 23.1 Å². The number of benzene rings is 2. The summed E-state index contributed by atoms with van der Waals surface area (Å²) >= 11 is 1.35. The molecule has 1 aromatic heterocycles. The molecule has 1 amide bonds. The van der Waals surface area contributed by atoms with Gasteiger partial charge in [-0.3, -0.25) is 4.79 Å². The minimum Gasteiger partial charge on any atom is -0.497 e. The van der Waals surface area contributed by atoms with E-state index in [0.717, 1.165) is 11.4 Å². The summed E-state index contributed by atoms with van der Waals surface area (Å²) in [6, 6.07) is 15.7. The molecular formula is C22H26N4O2S. The maximum absolute atomic E-state index is 12.3. The van der Waals surface area contributed by atoms with Gasteiger partial charge in [-0.25, -0.2) is 0 Å². The van der Waals surface area contributed by atoms with Crippen LogP contribution in [0.1, 0.15) is 26.3 Å². The van der Waals surface area contributed by atoms with Gasteiger partial charge >= 0.3 is 0 Å². The molecule has 7 heteroatoms. The molecule has 0 fully saturated rings. The number of carbonyl (C=O) groups is 1. The third kappa shape index (κ3) is 5.17. The van der Waals surface area contributed by atoms with Gasteiger partial charge in [0.2, 0.25) is 5.91 Å². The van der Waals surface area contributed by atoms with Crippen molar-refractivity contribution >= 4 is 23.4 Å². The molecule has 29 heavy (non-hydrogen) atoms. The zero-order chi connectivity index (χ0) is 21.0. The second-order valence-electron chi connectivity index (χ2n) is 7.76. The van der Waals surface area contributed by atoms with Crippen molar-refractivity contribution in [1.82, 2.24) is 14.8 Å². The van der Waals surface area contributed by atoms with Crippen molar-refractivity contribution in [3.05, 3.63) is 54.1 Å². The van der Waals surface area contributed by atoms with Crippen molar-refractivity contribution < 1.29 is 9.53 Å². The topological polar surface area (TPSA) is 69.0 Å². The highest BCUT2D eigenvalue weighted by atomic mass is 32.2. The van der Waals surface area contributed by atoms with E-state index in [-0.39, 0.29) is 17.1 Å². The second kappa shape index (κ2) is 8.69. The van der Waals surface area contributed by atoms with E-state index in [1.807, 2.05) is 29.8 Å². The van der Waals surface area contributed by atoms with Crippen LogP contribution >= 0.6 is 11.8 Å². The lowest BCUT2D eigenvalue weighted by Crippen LogP contribution is -2.14. The van der Waals surface area contributed by atoms with Gasteiger partial charge in [0.15, 0.2) is 11.0 Å². The van der Waals surface area contributed by atoms with Crippen LogP contribution in [0.2, 0.25) is 0 Å². The number of amides is 1. The van der Waals surface area contributed by atoms with Crippen LogP contribution in [0.25, 0.3) is 11.4 Å². The van der Waals surface area contributed by atoms with E-state index < -0.39 is 0 Å². The van der Waals surface area contributed by atoms with Crippen LogP contribution in [0.3, 0.4) is 0 Å². The minimum absolute atomic E-state index is 0.107. The molecule has 0 aliphatic carbocycles. The summed E-state index contributed by atoms with van der Waals surface area (Å²) in [6.45, 7) is 6.57. The molecule has 152 valence electrons. The summed E-state index contributed by atoms with van der Waals surface area (Å²) in [7, 11) is 3.51. The minimum atomic E-state index is -0.109. The SMILES string of the molecule is COc1cccc(NC(=O)CSc2nnc(-c3ccc(C(C)(C)C)cc3)n2C)c1. The lowest BCUT2D eigenvalue weighted by atomic mass is 9.87. The fourth-order valence-electron chi connectivity index (χ4n) is 2.84. The van der Waals surface area contributed by atoms with Crippen LogP contribution < -0.4 is 10.1 Å². The molecule has 1 heterocycles. The first-order valence-corrected chi connectivity index (χ1v) is 10.3. The third-order valence-corrected chi connectivity index (χ3v) is 5.55. The molecule has 0 saturated carbocycles. The number of nitrogens with one attached hydrogen (secondary N) is 1. The van der Waals surface area contributed by atoms with Gasteiger partial charge in [0.25, 0.3) is 0 Å². The average molecular weight is 411 g/mol. The van der Waals surface area contributed by atoms with Gasteiger partial charge in [0.05, 0.1) is 12.9 Å². The normalized spacial score (nSPS) is 11.3. The standard InChI is InChI=1S/C22H26N4O2S/c1-22(2,3)16-11-9-15(10-12-16)20-24-25-21(26(20)4)29-14-19(27)23-17-7-6-8-18(13-17)28-5/h6-13H,14H2,1-5H3,(H,23,27). The molecule has 0 spiro atoms. The number of hydrogen-bond acceptors (Lipinski definition) is 5. The van der Waals surface area contributed by atoms with Gasteiger partial charge in [-0.2, -0.15) is 0 Å². The van der Waals surface area contributed by atoms with Gasteiger partial charge in [-0.1, -0.05) is 62.9 Å². The van der Waals surface area contributed by atoms with Crippen molar-refractivity contribution in [2.45, 2.75) is 31.3 Å². The zero-order valence-electron chi connectivity index (χ0n) is 17.4. The molecule has 0 aliphatic rings. The fraction of sp³-hybridized carbons (Fsp3) is 0.318. The average Bonchev–Trinajstić information content (AvgIpc) is 3.06. The van der Waals surface area contributed by atoms with Gasteiger partial charge in [-0.15, -0.1) is 10.2 Å². The highest BCUT2D eigenvalue weighted by molar-refractivity contribution is 7.99. The van der Waals surface area contributed by atoms with E-state index >= 15 is 0 Å². The number of nitrogens with zero attached hydrogens (tertiary/aromatic N) is 3. The quantitative estimate of drug-likeness (QED) is 0.605. The number of hydrogen-bond donors (Lipinski definition) is 1. The number of carbonyl (C=O) groups excluding carboxylic acids is 1. The monoisotopic (exact) mass is 410 g/mol. The van der Waals surface area contributed by atoms with Gasteiger partial charge < -0.3 is 14.6 Å². The molecule has 0 radical (unpaired) electrons.